The van der Waals surface area contributed by atoms with Crippen molar-refractivity contribution in [1.29, 1.82) is 0 Å². The van der Waals surface area contributed by atoms with Gasteiger partial charge in [-0.05, 0) is 95.5 Å². The van der Waals surface area contributed by atoms with E-state index >= 15 is 0 Å². The second-order valence-electron chi connectivity index (χ2n) is 11.3. The average molecular weight is 478 g/mol. The van der Waals surface area contributed by atoms with Crippen molar-refractivity contribution in [2.75, 3.05) is 13.1 Å². The van der Waals surface area contributed by atoms with Crippen molar-refractivity contribution >= 4 is 11.9 Å². The highest BCUT2D eigenvalue weighted by Crippen LogP contribution is 2.28. The maximum absolute atomic E-state index is 12.0. The fraction of sp³-hybridized carbons (Fsp3) is 0.800. The second-order valence-corrected chi connectivity index (χ2v) is 11.3. The van der Waals surface area contributed by atoms with Gasteiger partial charge in [-0.25, -0.2) is 4.79 Å². The van der Waals surface area contributed by atoms with Crippen LogP contribution in [0.3, 0.4) is 0 Å². The zero-order valence-corrected chi connectivity index (χ0v) is 24.3. The molecular weight excluding hydrogens is 422 g/mol. The van der Waals surface area contributed by atoms with E-state index in [1.807, 2.05) is 45.6 Å². The largest absolute Gasteiger partial charge is 0.444 e. The number of carbonyl (C=O) groups is 2. The standard InChI is InChI=1S/C17H33NO2.C11H16O.C2H6/c1-13(2)11-14(3)12-15-7-9-18(10-8-15)16(19)20-17(4,5)6;1-4-10-5-6-11(9(3)12)7-8(10)2;1-2/h13-15H,7-12H2,1-6H3;5-6,8H,4,7H2,1-3H3;1-2H3. The Morgan fingerprint density at radius 2 is 1.65 bits per heavy atom. The summed E-state index contributed by atoms with van der Waals surface area (Å²) in [6.45, 7) is 24.4. The minimum atomic E-state index is -0.389. The highest BCUT2D eigenvalue weighted by Gasteiger charge is 2.27. The molecule has 1 aliphatic carbocycles. The quantitative estimate of drug-likeness (QED) is 0.384. The molecule has 1 aliphatic heterocycles. The first-order chi connectivity index (χ1) is 15.8. The van der Waals surface area contributed by atoms with E-state index in [1.54, 1.807) is 6.92 Å². The van der Waals surface area contributed by atoms with Gasteiger partial charge >= 0.3 is 6.09 Å². The molecular formula is C30H55NO3. The summed E-state index contributed by atoms with van der Waals surface area (Å²) >= 11 is 0. The van der Waals surface area contributed by atoms with Crippen LogP contribution in [-0.2, 0) is 9.53 Å². The van der Waals surface area contributed by atoms with E-state index in [-0.39, 0.29) is 17.5 Å². The van der Waals surface area contributed by atoms with E-state index in [2.05, 4.69) is 40.7 Å². The van der Waals surface area contributed by atoms with E-state index in [0.29, 0.717) is 5.92 Å². The van der Waals surface area contributed by atoms with Gasteiger partial charge in [0.2, 0.25) is 0 Å². The summed E-state index contributed by atoms with van der Waals surface area (Å²) in [6, 6.07) is 0. The molecule has 0 spiro atoms. The Kier molecular flexibility index (Phi) is 15.4. The molecule has 1 amide bonds. The van der Waals surface area contributed by atoms with Crippen LogP contribution >= 0.6 is 0 Å². The number of carbonyl (C=O) groups excluding carboxylic acids is 2. The van der Waals surface area contributed by atoms with Crippen molar-refractivity contribution < 1.29 is 14.3 Å². The summed E-state index contributed by atoms with van der Waals surface area (Å²) in [6.07, 6.45) is 10.8. The number of rotatable bonds is 6. The van der Waals surface area contributed by atoms with Crippen LogP contribution in [0.4, 0.5) is 4.79 Å². The van der Waals surface area contributed by atoms with Crippen LogP contribution in [0.2, 0.25) is 0 Å². The highest BCUT2D eigenvalue weighted by molar-refractivity contribution is 5.93. The molecule has 0 aromatic rings. The summed E-state index contributed by atoms with van der Waals surface area (Å²) in [7, 11) is 0. The average Bonchev–Trinajstić information content (AvgIpc) is 2.74. The summed E-state index contributed by atoms with van der Waals surface area (Å²) in [5.41, 5.74) is 2.04. The van der Waals surface area contributed by atoms with Gasteiger partial charge in [-0.15, -0.1) is 0 Å². The fourth-order valence-electron chi connectivity index (χ4n) is 4.78. The third kappa shape index (κ3) is 13.3. The monoisotopic (exact) mass is 477 g/mol. The minimum Gasteiger partial charge on any atom is -0.444 e. The van der Waals surface area contributed by atoms with E-state index in [9.17, 15) is 9.59 Å². The lowest BCUT2D eigenvalue weighted by molar-refractivity contribution is -0.113. The Morgan fingerprint density at radius 3 is 2.06 bits per heavy atom. The molecule has 2 atom stereocenters. The van der Waals surface area contributed by atoms with Gasteiger partial charge in [0.1, 0.15) is 5.60 Å². The number of Topliss-reactive ketones (excluding diaryl/α,β-unsaturated/α-hetero) is 1. The van der Waals surface area contributed by atoms with Gasteiger partial charge in [-0.2, -0.15) is 0 Å². The lowest BCUT2D eigenvalue weighted by atomic mass is 9.84. The fourth-order valence-corrected chi connectivity index (χ4v) is 4.78. The molecule has 0 aromatic carbocycles. The smallest absolute Gasteiger partial charge is 0.410 e. The van der Waals surface area contributed by atoms with Crippen molar-refractivity contribution in [3.05, 3.63) is 23.3 Å². The van der Waals surface area contributed by atoms with Gasteiger partial charge in [-0.1, -0.05) is 66.2 Å². The van der Waals surface area contributed by atoms with Crippen LogP contribution in [0, 0.1) is 23.7 Å². The van der Waals surface area contributed by atoms with Gasteiger partial charge in [0.25, 0.3) is 0 Å². The number of amides is 1. The molecule has 2 aliphatic rings. The highest BCUT2D eigenvalue weighted by atomic mass is 16.6. The molecule has 4 heteroatoms. The first-order valence-corrected chi connectivity index (χ1v) is 13.7. The van der Waals surface area contributed by atoms with Crippen LogP contribution in [0.15, 0.2) is 23.3 Å². The van der Waals surface area contributed by atoms with Crippen LogP contribution in [0.25, 0.3) is 0 Å². The Labute approximate surface area is 211 Å². The zero-order chi connectivity index (χ0) is 26.5. The molecule has 1 saturated heterocycles. The Morgan fingerprint density at radius 1 is 1.09 bits per heavy atom. The predicted octanol–water partition coefficient (Wildman–Crippen LogP) is 8.61. The maximum Gasteiger partial charge on any atom is 0.410 e. The molecule has 0 radical (unpaired) electrons. The number of hydrogen-bond acceptors (Lipinski definition) is 3. The molecule has 2 rings (SSSR count). The number of ketones is 1. The lowest BCUT2D eigenvalue weighted by Crippen LogP contribution is -2.41. The third-order valence-electron chi connectivity index (χ3n) is 6.39. The molecule has 0 bridgehead atoms. The lowest BCUT2D eigenvalue weighted by Gasteiger charge is -2.34. The van der Waals surface area contributed by atoms with Gasteiger partial charge in [0.15, 0.2) is 5.78 Å². The van der Waals surface area contributed by atoms with E-state index in [4.69, 9.17) is 4.74 Å². The van der Waals surface area contributed by atoms with Crippen molar-refractivity contribution in [2.45, 2.75) is 120 Å². The van der Waals surface area contributed by atoms with Crippen LogP contribution in [0.5, 0.6) is 0 Å². The number of likely N-dealkylation sites (tertiary alicyclic amines) is 1. The topological polar surface area (TPSA) is 46.6 Å². The number of allylic oxidation sites excluding steroid dienone is 4. The molecule has 34 heavy (non-hydrogen) atoms. The summed E-state index contributed by atoms with van der Waals surface area (Å²) in [5, 5.41) is 0. The van der Waals surface area contributed by atoms with Crippen LogP contribution in [0.1, 0.15) is 115 Å². The second kappa shape index (κ2) is 16.2. The molecule has 0 aromatic heterocycles. The summed E-state index contributed by atoms with van der Waals surface area (Å²) in [5.74, 6) is 3.13. The SMILES string of the molecule is CC.CC(C)CC(C)CC1CCN(C(=O)OC(C)(C)C)CC1.CCC1=CC=C(C(C)=O)CC1C. The first kappa shape index (κ1) is 32.4. The summed E-state index contributed by atoms with van der Waals surface area (Å²) < 4.78 is 5.43. The number of hydrogen-bond donors (Lipinski definition) is 0. The first-order valence-electron chi connectivity index (χ1n) is 13.7. The molecule has 0 saturated carbocycles. The van der Waals surface area contributed by atoms with E-state index < -0.39 is 0 Å². The summed E-state index contributed by atoms with van der Waals surface area (Å²) in [4.78, 5) is 24.9. The molecule has 2 unspecified atom stereocenters. The molecule has 1 heterocycles. The van der Waals surface area contributed by atoms with Crippen molar-refractivity contribution in [1.82, 2.24) is 4.90 Å². The van der Waals surface area contributed by atoms with Gasteiger partial charge in [0.05, 0.1) is 0 Å². The zero-order valence-electron chi connectivity index (χ0n) is 24.3. The predicted molar refractivity (Wildman–Crippen MR) is 146 cm³/mol. The van der Waals surface area contributed by atoms with Gasteiger partial charge in [-0.3, -0.25) is 4.79 Å². The third-order valence-corrected chi connectivity index (χ3v) is 6.39. The normalized spacial score (nSPS) is 19.6. The van der Waals surface area contributed by atoms with Crippen LogP contribution in [-0.4, -0.2) is 35.5 Å². The van der Waals surface area contributed by atoms with Crippen molar-refractivity contribution in [3.8, 4) is 0 Å². The molecule has 1 fully saturated rings. The Hall–Kier alpha value is -1.58. The number of piperidine rings is 1. The number of ether oxygens (including phenoxy) is 1. The number of nitrogens with zero attached hydrogens (tertiary/aromatic N) is 1. The Bertz CT molecular complexity index is 661. The van der Waals surface area contributed by atoms with Crippen molar-refractivity contribution in [3.63, 3.8) is 0 Å². The van der Waals surface area contributed by atoms with Gasteiger partial charge in [0, 0.05) is 13.1 Å². The van der Waals surface area contributed by atoms with Crippen LogP contribution < -0.4 is 0 Å². The molecule has 198 valence electrons. The van der Waals surface area contributed by atoms with E-state index in [1.165, 1.54) is 18.4 Å². The van der Waals surface area contributed by atoms with Gasteiger partial charge < -0.3 is 9.64 Å². The van der Waals surface area contributed by atoms with Crippen molar-refractivity contribution in [2.24, 2.45) is 23.7 Å². The van der Waals surface area contributed by atoms with E-state index in [0.717, 1.165) is 62.1 Å². The molecule has 4 nitrogen and oxygen atoms in total. The maximum atomic E-state index is 12.0. The minimum absolute atomic E-state index is 0.147. The molecule has 0 N–H and O–H groups in total. The Balaban J connectivity index is 0.000000662.